The van der Waals surface area contributed by atoms with E-state index in [0.717, 1.165) is 5.75 Å². The lowest BCUT2D eigenvalue weighted by atomic mass is 10.3. The summed E-state index contributed by atoms with van der Waals surface area (Å²) in [6, 6.07) is -0.475. The second-order valence-electron chi connectivity index (χ2n) is 3.31. The van der Waals surface area contributed by atoms with E-state index >= 15 is 0 Å². The highest BCUT2D eigenvalue weighted by molar-refractivity contribution is 8.76. The molecule has 0 aliphatic heterocycles. The predicted octanol–water partition coefficient (Wildman–Crippen LogP) is 0.357. The zero-order valence-electron chi connectivity index (χ0n) is 10.3. The second kappa shape index (κ2) is 10.7. The maximum atomic E-state index is 11.3. The highest BCUT2D eigenvalue weighted by Gasteiger charge is 2.12. The lowest BCUT2D eigenvalue weighted by molar-refractivity contribution is -0.122. The van der Waals surface area contributed by atoms with E-state index in [1.54, 1.807) is 10.8 Å². The molecule has 0 saturated heterocycles. The Morgan fingerprint density at radius 1 is 1.18 bits per heavy atom. The van der Waals surface area contributed by atoms with Crippen molar-refractivity contribution in [1.82, 2.24) is 10.6 Å². The van der Waals surface area contributed by atoms with E-state index in [2.05, 4.69) is 10.6 Å². The van der Waals surface area contributed by atoms with Gasteiger partial charge in [0.15, 0.2) is 0 Å². The average Bonchev–Trinajstić information content (AvgIpc) is 2.29. The van der Waals surface area contributed by atoms with Crippen molar-refractivity contribution in [2.75, 3.05) is 24.6 Å². The summed E-state index contributed by atoms with van der Waals surface area (Å²) in [5.41, 5.74) is 5.67. The van der Waals surface area contributed by atoms with Crippen molar-refractivity contribution in [1.29, 1.82) is 0 Å². The Kier molecular flexibility index (Phi) is 10.5. The molecule has 0 aromatic carbocycles. The highest BCUT2D eigenvalue weighted by Crippen LogP contribution is 2.22. The zero-order valence-corrected chi connectivity index (χ0v) is 12.0. The standard InChI is InChI=1S/C10H21N3O2S2/c1-3-12-9(14)5-6-16-17-7-8(11)10(15)13-4-2/h8H,3-7,11H2,1-2H3,(H,12,14)(H,13,15). The minimum Gasteiger partial charge on any atom is -0.356 e. The topological polar surface area (TPSA) is 84.2 Å². The maximum absolute atomic E-state index is 11.3. The van der Waals surface area contributed by atoms with Crippen LogP contribution in [-0.2, 0) is 9.59 Å². The minimum absolute atomic E-state index is 0.0635. The lowest BCUT2D eigenvalue weighted by Gasteiger charge is -2.10. The average molecular weight is 279 g/mol. The van der Waals surface area contributed by atoms with E-state index in [1.807, 2.05) is 13.8 Å². The number of carbonyl (C=O) groups excluding carboxylic acids is 2. The third-order valence-corrected chi connectivity index (χ3v) is 4.25. The van der Waals surface area contributed by atoms with Gasteiger partial charge in [-0.25, -0.2) is 0 Å². The van der Waals surface area contributed by atoms with E-state index in [9.17, 15) is 9.59 Å². The van der Waals surface area contributed by atoms with Crippen LogP contribution in [0.4, 0.5) is 0 Å². The Hall–Kier alpha value is -0.400. The normalized spacial score (nSPS) is 11.9. The van der Waals surface area contributed by atoms with Gasteiger partial charge in [-0.3, -0.25) is 9.59 Å². The summed E-state index contributed by atoms with van der Waals surface area (Å²) < 4.78 is 0. The summed E-state index contributed by atoms with van der Waals surface area (Å²) in [5.74, 6) is 1.24. The number of likely N-dealkylation sites (N-methyl/N-ethyl adjacent to an activating group) is 1. The summed E-state index contributed by atoms with van der Waals surface area (Å²) in [4.78, 5) is 22.4. The first-order valence-corrected chi connectivity index (χ1v) is 8.15. The quantitative estimate of drug-likeness (QED) is 0.419. The number of hydrogen-bond acceptors (Lipinski definition) is 5. The molecule has 0 aliphatic rings. The molecule has 0 spiro atoms. The van der Waals surface area contributed by atoms with Gasteiger partial charge in [0.25, 0.3) is 0 Å². The summed E-state index contributed by atoms with van der Waals surface area (Å²) in [6.07, 6.45) is 0.502. The van der Waals surface area contributed by atoms with Gasteiger partial charge in [-0.2, -0.15) is 0 Å². The van der Waals surface area contributed by atoms with Crippen molar-refractivity contribution in [3.63, 3.8) is 0 Å². The van der Waals surface area contributed by atoms with Crippen molar-refractivity contribution < 1.29 is 9.59 Å². The third kappa shape index (κ3) is 9.31. The Labute approximate surface area is 110 Å². The third-order valence-electron chi connectivity index (χ3n) is 1.81. The Bertz CT molecular complexity index is 240. The fourth-order valence-electron chi connectivity index (χ4n) is 0.981. The SMILES string of the molecule is CCNC(=O)CCSSCC(N)C(=O)NCC. The molecule has 0 radical (unpaired) electrons. The lowest BCUT2D eigenvalue weighted by Crippen LogP contribution is -2.41. The largest absolute Gasteiger partial charge is 0.356 e. The number of nitrogens with two attached hydrogens (primary N) is 1. The van der Waals surface area contributed by atoms with Crippen LogP contribution in [0.25, 0.3) is 0 Å². The van der Waals surface area contributed by atoms with E-state index in [0.29, 0.717) is 25.3 Å². The van der Waals surface area contributed by atoms with Gasteiger partial charge in [-0.1, -0.05) is 21.6 Å². The van der Waals surface area contributed by atoms with Crippen LogP contribution in [0.1, 0.15) is 20.3 Å². The summed E-state index contributed by atoms with van der Waals surface area (Å²) in [7, 11) is 3.09. The molecule has 7 heteroatoms. The van der Waals surface area contributed by atoms with Gasteiger partial charge in [0, 0.05) is 31.0 Å². The summed E-state index contributed by atoms with van der Waals surface area (Å²) in [5, 5.41) is 5.40. The molecule has 0 aromatic rings. The number of carbonyl (C=O) groups is 2. The molecule has 5 nitrogen and oxygen atoms in total. The van der Waals surface area contributed by atoms with E-state index in [-0.39, 0.29) is 11.8 Å². The molecule has 1 atom stereocenters. The fourth-order valence-corrected chi connectivity index (χ4v) is 3.09. The second-order valence-corrected chi connectivity index (χ2v) is 5.94. The Balaban J connectivity index is 3.45. The van der Waals surface area contributed by atoms with Crippen molar-refractivity contribution in [2.45, 2.75) is 26.3 Å². The monoisotopic (exact) mass is 279 g/mol. The predicted molar refractivity (Wildman–Crippen MR) is 74.9 cm³/mol. The Morgan fingerprint density at radius 2 is 1.82 bits per heavy atom. The first kappa shape index (κ1) is 16.6. The zero-order chi connectivity index (χ0) is 13.1. The van der Waals surface area contributed by atoms with Crippen molar-refractivity contribution in [2.24, 2.45) is 5.73 Å². The van der Waals surface area contributed by atoms with E-state index in [1.165, 1.54) is 10.8 Å². The smallest absolute Gasteiger partial charge is 0.237 e. The molecule has 0 bridgehead atoms. The number of amides is 2. The number of hydrogen-bond donors (Lipinski definition) is 3. The van der Waals surface area contributed by atoms with Crippen LogP contribution >= 0.6 is 21.6 Å². The van der Waals surface area contributed by atoms with Crippen LogP contribution in [0.5, 0.6) is 0 Å². The molecule has 17 heavy (non-hydrogen) atoms. The Morgan fingerprint density at radius 3 is 2.41 bits per heavy atom. The molecule has 0 rings (SSSR count). The van der Waals surface area contributed by atoms with Gasteiger partial charge in [-0.05, 0) is 13.8 Å². The van der Waals surface area contributed by atoms with Gasteiger partial charge < -0.3 is 16.4 Å². The number of nitrogens with one attached hydrogen (secondary N) is 2. The van der Waals surface area contributed by atoms with Gasteiger partial charge in [0.1, 0.15) is 0 Å². The molecule has 0 fully saturated rings. The first-order valence-electron chi connectivity index (χ1n) is 5.66. The molecule has 2 amide bonds. The molecule has 0 saturated carbocycles. The van der Waals surface area contributed by atoms with Gasteiger partial charge >= 0.3 is 0 Å². The highest BCUT2D eigenvalue weighted by atomic mass is 33.1. The van der Waals surface area contributed by atoms with Gasteiger partial charge in [-0.15, -0.1) is 0 Å². The van der Waals surface area contributed by atoms with Crippen molar-refractivity contribution >= 4 is 33.4 Å². The van der Waals surface area contributed by atoms with Gasteiger partial charge in [0.05, 0.1) is 6.04 Å². The van der Waals surface area contributed by atoms with E-state index in [4.69, 9.17) is 5.73 Å². The fraction of sp³-hybridized carbons (Fsp3) is 0.800. The maximum Gasteiger partial charge on any atom is 0.237 e. The van der Waals surface area contributed by atoms with Crippen molar-refractivity contribution in [3.05, 3.63) is 0 Å². The molecular formula is C10H21N3O2S2. The molecule has 1 unspecified atom stereocenters. The van der Waals surface area contributed by atoms with Crippen LogP contribution in [0.2, 0.25) is 0 Å². The van der Waals surface area contributed by atoms with E-state index < -0.39 is 6.04 Å². The molecule has 0 aromatic heterocycles. The minimum atomic E-state index is -0.475. The molecule has 0 heterocycles. The molecule has 4 N–H and O–H groups in total. The van der Waals surface area contributed by atoms with Crippen LogP contribution in [0, 0.1) is 0 Å². The molecular weight excluding hydrogens is 258 g/mol. The van der Waals surface area contributed by atoms with Crippen LogP contribution in [0.3, 0.4) is 0 Å². The summed E-state index contributed by atoms with van der Waals surface area (Å²) >= 11 is 0. The summed E-state index contributed by atoms with van der Waals surface area (Å²) in [6.45, 7) is 5.02. The van der Waals surface area contributed by atoms with Crippen molar-refractivity contribution in [3.8, 4) is 0 Å². The molecule has 0 aliphatic carbocycles. The van der Waals surface area contributed by atoms with Crippen LogP contribution < -0.4 is 16.4 Å². The van der Waals surface area contributed by atoms with Gasteiger partial charge in [0.2, 0.25) is 11.8 Å². The first-order chi connectivity index (χ1) is 8.11. The molecule has 100 valence electrons. The number of rotatable bonds is 9. The van der Waals surface area contributed by atoms with Crippen LogP contribution in [-0.4, -0.2) is 42.5 Å². The van der Waals surface area contributed by atoms with Crippen LogP contribution in [0.15, 0.2) is 0 Å².